The number of carbonyl (C=O) groups excluding carboxylic acids is 1. The number of ether oxygens (including phenoxy) is 1. The molecule has 1 amide bonds. The second-order valence-corrected chi connectivity index (χ2v) is 6.83. The summed E-state index contributed by atoms with van der Waals surface area (Å²) in [4.78, 5) is 11.9. The molecule has 130 valence electrons. The molecule has 1 aromatic carbocycles. The summed E-state index contributed by atoms with van der Waals surface area (Å²) in [6, 6.07) is 6.53. The number of aryl methyl sites for hydroxylation is 1. The fourth-order valence-electron chi connectivity index (χ4n) is 1.89. The third-order valence-corrected chi connectivity index (χ3v) is 4.68. The molecular formula is C15H25N3O4S. The van der Waals surface area contributed by atoms with Crippen LogP contribution in [-0.2, 0) is 26.0 Å². The van der Waals surface area contributed by atoms with Crippen LogP contribution < -0.4 is 15.4 Å². The second-order valence-electron chi connectivity index (χ2n) is 4.94. The van der Waals surface area contributed by atoms with Crippen molar-refractivity contribution >= 4 is 15.9 Å². The molecule has 7 nitrogen and oxygen atoms in total. The van der Waals surface area contributed by atoms with Gasteiger partial charge in [0.15, 0.2) is 0 Å². The Hall–Kier alpha value is -1.48. The summed E-state index contributed by atoms with van der Waals surface area (Å²) >= 11 is 0. The normalized spacial score (nSPS) is 11.4. The minimum atomic E-state index is -3.41. The number of methoxy groups -OCH3 is 1. The standard InChI is InChI=1S/C15H25N3O4S/c1-16-23(20,21)14-6-3-13(4-7-14)5-8-15(19)18-10-9-17-11-12-22-2/h3-4,6-7,16-17H,5,8-12H2,1-2H3,(H,18,19). The summed E-state index contributed by atoms with van der Waals surface area (Å²) in [5, 5.41) is 5.97. The molecule has 8 heteroatoms. The fourth-order valence-corrected chi connectivity index (χ4v) is 2.62. The van der Waals surface area contributed by atoms with Gasteiger partial charge in [0.1, 0.15) is 0 Å². The average Bonchev–Trinajstić information content (AvgIpc) is 2.56. The van der Waals surface area contributed by atoms with Gasteiger partial charge in [-0.1, -0.05) is 12.1 Å². The van der Waals surface area contributed by atoms with Gasteiger partial charge in [-0.25, -0.2) is 13.1 Å². The lowest BCUT2D eigenvalue weighted by atomic mass is 10.1. The summed E-state index contributed by atoms with van der Waals surface area (Å²) in [7, 11) is -0.397. The van der Waals surface area contributed by atoms with Crippen molar-refractivity contribution in [2.45, 2.75) is 17.7 Å². The molecule has 3 N–H and O–H groups in total. The Bertz CT molecular complexity index is 573. The summed E-state index contributed by atoms with van der Waals surface area (Å²) in [6.45, 7) is 2.68. The van der Waals surface area contributed by atoms with Crippen LogP contribution in [0.2, 0.25) is 0 Å². The smallest absolute Gasteiger partial charge is 0.240 e. The number of rotatable bonds is 11. The zero-order valence-electron chi connectivity index (χ0n) is 13.6. The summed E-state index contributed by atoms with van der Waals surface area (Å²) in [5.41, 5.74) is 0.924. The Morgan fingerprint density at radius 2 is 1.83 bits per heavy atom. The molecule has 0 unspecified atom stereocenters. The predicted molar refractivity (Wildman–Crippen MR) is 88.8 cm³/mol. The van der Waals surface area contributed by atoms with E-state index in [1.165, 1.54) is 7.05 Å². The fraction of sp³-hybridized carbons (Fsp3) is 0.533. The first kappa shape index (κ1) is 19.6. The molecule has 0 spiro atoms. The average molecular weight is 343 g/mol. The third kappa shape index (κ3) is 7.56. The maximum Gasteiger partial charge on any atom is 0.240 e. The zero-order chi connectivity index (χ0) is 17.1. The molecular weight excluding hydrogens is 318 g/mol. The van der Waals surface area contributed by atoms with Gasteiger partial charge in [-0.3, -0.25) is 4.79 Å². The molecule has 0 aromatic heterocycles. The van der Waals surface area contributed by atoms with Crippen LogP contribution in [0.15, 0.2) is 29.2 Å². The van der Waals surface area contributed by atoms with Crippen LogP contribution in [0, 0.1) is 0 Å². The lowest BCUT2D eigenvalue weighted by molar-refractivity contribution is -0.121. The van der Waals surface area contributed by atoms with Gasteiger partial charge in [-0.15, -0.1) is 0 Å². The van der Waals surface area contributed by atoms with Crippen molar-refractivity contribution in [2.75, 3.05) is 40.4 Å². The van der Waals surface area contributed by atoms with Gasteiger partial charge < -0.3 is 15.4 Å². The molecule has 0 radical (unpaired) electrons. The van der Waals surface area contributed by atoms with Gasteiger partial charge in [0.2, 0.25) is 15.9 Å². The van der Waals surface area contributed by atoms with Crippen molar-refractivity contribution in [3.8, 4) is 0 Å². The molecule has 0 aliphatic heterocycles. The van der Waals surface area contributed by atoms with Crippen molar-refractivity contribution in [3.63, 3.8) is 0 Å². The maximum atomic E-state index is 11.7. The van der Waals surface area contributed by atoms with Crippen LogP contribution in [0.5, 0.6) is 0 Å². The van der Waals surface area contributed by atoms with Gasteiger partial charge >= 0.3 is 0 Å². The lowest BCUT2D eigenvalue weighted by Crippen LogP contribution is -2.33. The number of amides is 1. The van der Waals surface area contributed by atoms with E-state index in [0.717, 1.165) is 12.1 Å². The predicted octanol–water partition coefficient (Wildman–Crippen LogP) is -0.120. The molecule has 0 heterocycles. The third-order valence-electron chi connectivity index (χ3n) is 3.25. The van der Waals surface area contributed by atoms with Crippen LogP contribution in [-0.4, -0.2) is 54.7 Å². The van der Waals surface area contributed by atoms with Crippen LogP contribution in [0.25, 0.3) is 0 Å². The van der Waals surface area contributed by atoms with Gasteiger partial charge in [0.25, 0.3) is 0 Å². The Kier molecular flexibility index (Phi) is 8.78. The minimum Gasteiger partial charge on any atom is -0.383 e. The van der Waals surface area contributed by atoms with Crippen molar-refractivity contribution in [2.24, 2.45) is 0 Å². The molecule has 0 saturated heterocycles. The first-order chi connectivity index (χ1) is 11.0. The van der Waals surface area contributed by atoms with Crippen LogP contribution in [0.4, 0.5) is 0 Å². The highest BCUT2D eigenvalue weighted by Crippen LogP contribution is 2.11. The number of benzene rings is 1. The zero-order valence-corrected chi connectivity index (χ0v) is 14.4. The van der Waals surface area contributed by atoms with E-state index in [2.05, 4.69) is 15.4 Å². The highest BCUT2D eigenvalue weighted by molar-refractivity contribution is 7.89. The van der Waals surface area contributed by atoms with E-state index in [0.29, 0.717) is 32.5 Å². The van der Waals surface area contributed by atoms with Crippen LogP contribution >= 0.6 is 0 Å². The molecule has 1 rings (SSSR count). The van der Waals surface area contributed by atoms with Crippen LogP contribution in [0.1, 0.15) is 12.0 Å². The van der Waals surface area contributed by atoms with E-state index < -0.39 is 10.0 Å². The molecule has 0 aliphatic rings. The van der Waals surface area contributed by atoms with Gasteiger partial charge in [-0.05, 0) is 31.2 Å². The topological polar surface area (TPSA) is 96.5 Å². The van der Waals surface area contributed by atoms with Gasteiger partial charge in [-0.2, -0.15) is 0 Å². The van der Waals surface area contributed by atoms with Gasteiger partial charge in [0, 0.05) is 33.2 Å². The van der Waals surface area contributed by atoms with E-state index in [1.54, 1.807) is 31.4 Å². The summed E-state index contributed by atoms with van der Waals surface area (Å²) in [5.74, 6) is -0.0227. The molecule has 0 aliphatic carbocycles. The van der Waals surface area contributed by atoms with Crippen molar-refractivity contribution < 1.29 is 17.9 Å². The highest BCUT2D eigenvalue weighted by Gasteiger charge is 2.10. The number of hydrogen-bond acceptors (Lipinski definition) is 5. The van der Waals surface area contributed by atoms with Crippen LogP contribution in [0.3, 0.4) is 0 Å². The summed E-state index contributed by atoms with van der Waals surface area (Å²) in [6.07, 6.45) is 0.943. The van der Waals surface area contributed by atoms with E-state index in [4.69, 9.17) is 4.74 Å². The molecule has 0 fully saturated rings. The number of nitrogens with one attached hydrogen (secondary N) is 3. The highest BCUT2D eigenvalue weighted by atomic mass is 32.2. The number of sulfonamides is 1. The van der Waals surface area contributed by atoms with Crippen molar-refractivity contribution in [3.05, 3.63) is 29.8 Å². The number of hydrogen-bond donors (Lipinski definition) is 3. The Morgan fingerprint density at radius 3 is 2.43 bits per heavy atom. The first-order valence-electron chi connectivity index (χ1n) is 7.48. The van der Waals surface area contributed by atoms with Gasteiger partial charge in [0.05, 0.1) is 11.5 Å². The molecule has 0 atom stereocenters. The van der Waals surface area contributed by atoms with Crippen molar-refractivity contribution in [1.29, 1.82) is 0 Å². The Morgan fingerprint density at radius 1 is 1.13 bits per heavy atom. The lowest BCUT2D eigenvalue weighted by Gasteiger charge is -2.07. The minimum absolute atomic E-state index is 0.0227. The Labute approximate surface area is 137 Å². The summed E-state index contributed by atoms with van der Waals surface area (Å²) < 4.78 is 30.4. The van der Waals surface area contributed by atoms with Crippen molar-refractivity contribution in [1.82, 2.24) is 15.4 Å². The van der Waals surface area contributed by atoms with E-state index in [-0.39, 0.29) is 10.8 Å². The molecule has 0 saturated carbocycles. The SMILES string of the molecule is CNS(=O)(=O)c1ccc(CCC(=O)NCCNCCOC)cc1. The van der Waals surface area contributed by atoms with E-state index >= 15 is 0 Å². The first-order valence-corrected chi connectivity index (χ1v) is 8.96. The Balaban J connectivity index is 2.28. The second kappa shape index (κ2) is 10.3. The van der Waals surface area contributed by atoms with E-state index in [9.17, 15) is 13.2 Å². The largest absolute Gasteiger partial charge is 0.383 e. The molecule has 0 bridgehead atoms. The maximum absolute atomic E-state index is 11.7. The molecule has 1 aromatic rings. The number of carbonyl (C=O) groups is 1. The molecule has 23 heavy (non-hydrogen) atoms. The quantitative estimate of drug-likeness (QED) is 0.487. The van der Waals surface area contributed by atoms with E-state index in [1.807, 2.05) is 0 Å². The monoisotopic (exact) mass is 343 g/mol.